The van der Waals surface area contributed by atoms with Crippen LogP contribution in [0.5, 0.6) is 0 Å². The van der Waals surface area contributed by atoms with E-state index in [0.29, 0.717) is 17.4 Å². The van der Waals surface area contributed by atoms with Gasteiger partial charge in [-0.3, -0.25) is 4.79 Å². The standard InChI is InChI=1S/C13H15ClN2OS/c1-9-5-6-10-11(8-9)18-13(15-10)16-12(17)4-2-3-7-14/h5-6,8H,2-4,7H2,1H3,(H,15,16,17). The summed E-state index contributed by atoms with van der Waals surface area (Å²) in [5.74, 6) is 0.615. The molecule has 1 heterocycles. The molecule has 2 aromatic rings. The van der Waals surface area contributed by atoms with E-state index in [1.807, 2.05) is 19.1 Å². The molecule has 1 aromatic heterocycles. The third-order valence-electron chi connectivity index (χ3n) is 2.58. The van der Waals surface area contributed by atoms with Crippen LogP contribution < -0.4 is 5.32 Å². The topological polar surface area (TPSA) is 42.0 Å². The number of alkyl halides is 1. The fraction of sp³-hybridized carbons (Fsp3) is 0.385. The van der Waals surface area contributed by atoms with Crippen LogP contribution in [0, 0.1) is 6.92 Å². The Morgan fingerprint density at radius 2 is 2.28 bits per heavy atom. The average Bonchev–Trinajstić information content (AvgIpc) is 2.70. The summed E-state index contributed by atoms with van der Waals surface area (Å²) in [7, 11) is 0. The van der Waals surface area contributed by atoms with Crippen LogP contribution in [0.1, 0.15) is 24.8 Å². The second-order valence-electron chi connectivity index (χ2n) is 4.18. The van der Waals surface area contributed by atoms with Crippen molar-refractivity contribution in [2.75, 3.05) is 11.2 Å². The summed E-state index contributed by atoms with van der Waals surface area (Å²) >= 11 is 7.08. The summed E-state index contributed by atoms with van der Waals surface area (Å²) in [6, 6.07) is 6.08. The molecule has 0 saturated carbocycles. The molecule has 0 spiro atoms. The molecule has 1 amide bonds. The normalized spacial score (nSPS) is 10.8. The number of anilines is 1. The lowest BCUT2D eigenvalue weighted by molar-refractivity contribution is -0.116. The average molecular weight is 283 g/mol. The molecule has 0 bridgehead atoms. The molecule has 0 unspecified atom stereocenters. The molecule has 96 valence electrons. The number of rotatable bonds is 5. The summed E-state index contributed by atoms with van der Waals surface area (Å²) in [4.78, 5) is 16.0. The van der Waals surface area contributed by atoms with Crippen molar-refractivity contribution in [1.82, 2.24) is 4.98 Å². The number of unbranched alkanes of at least 4 members (excludes halogenated alkanes) is 1. The lowest BCUT2D eigenvalue weighted by Crippen LogP contribution is -2.10. The monoisotopic (exact) mass is 282 g/mol. The van der Waals surface area contributed by atoms with Crippen molar-refractivity contribution in [2.45, 2.75) is 26.2 Å². The molecule has 18 heavy (non-hydrogen) atoms. The maximum atomic E-state index is 11.6. The predicted octanol–water partition coefficient (Wildman–Crippen LogP) is 3.95. The Labute approximate surface area is 115 Å². The fourth-order valence-corrected chi connectivity index (χ4v) is 2.82. The summed E-state index contributed by atoms with van der Waals surface area (Å²) < 4.78 is 1.10. The molecule has 0 radical (unpaired) electrons. The van der Waals surface area contributed by atoms with Gasteiger partial charge in [-0.25, -0.2) is 4.98 Å². The molecule has 0 aliphatic rings. The van der Waals surface area contributed by atoms with Gasteiger partial charge in [0, 0.05) is 12.3 Å². The number of aromatic nitrogens is 1. The molecular formula is C13H15ClN2OS. The number of fused-ring (bicyclic) bond motifs is 1. The molecule has 0 atom stereocenters. The zero-order valence-corrected chi connectivity index (χ0v) is 11.8. The number of benzene rings is 1. The zero-order chi connectivity index (χ0) is 13.0. The smallest absolute Gasteiger partial charge is 0.226 e. The van der Waals surface area contributed by atoms with Crippen LogP contribution in [0.3, 0.4) is 0 Å². The van der Waals surface area contributed by atoms with Crippen molar-refractivity contribution >= 4 is 44.2 Å². The number of halogens is 1. The van der Waals surface area contributed by atoms with Gasteiger partial charge in [-0.05, 0) is 37.5 Å². The largest absolute Gasteiger partial charge is 0.302 e. The van der Waals surface area contributed by atoms with E-state index < -0.39 is 0 Å². The van der Waals surface area contributed by atoms with Crippen LogP contribution in [0.15, 0.2) is 18.2 Å². The number of amides is 1. The van der Waals surface area contributed by atoms with Gasteiger partial charge < -0.3 is 5.32 Å². The van der Waals surface area contributed by atoms with Crippen LogP contribution in [0.4, 0.5) is 5.13 Å². The summed E-state index contributed by atoms with van der Waals surface area (Å²) in [6.07, 6.45) is 2.19. The molecule has 1 N–H and O–H groups in total. The van der Waals surface area contributed by atoms with E-state index in [-0.39, 0.29) is 5.91 Å². The van der Waals surface area contributed by atoms with Crippen molar-refractivity contribution in [3.8, 4) is 0 Å². The molecule has 0 fully saturated rings. The van der Waals surface area contributed by atoms with Crippen LogP contribution in [-0.2, 0) is 4.79 Å². The first kappa shape index (κ1) is 13.3. The Bertz CT molecular complexity index is 553. The fourth-order valence-electron chi connectivity index (χ4n) is 1.65. The third-order valence-corrected chi connectivity index (χ3v) is 3.78. The molecule has 0 aliphatic carbocycles. The van der Waals surface area contributed by atoms with E-state index in [1.165, 1.54) is 16.9 Å². The number of carbonyl (C=O) groups is 1. The highest BCUT2D eigenvalue weighted by Crippen LogP contribution is 2.26. The van der Waals surface area contributed by atoms with E-state index in [2.05, 4.69) is 16.4 Å². The lowest BCUT2D eigenvalue weighted by Gasteiger charge is -1.99. The van der Waals surface area contributed by atoms with Gasteiger partial charge in [-0.1, -0.05) is 17.4 Å². The minimum Gasteiger partial charge on any atom is -0.302 e. The van der Waals surface area contributed by atoms with Crippen molar-refractivity contribution in [2.24, 2.45) is 0 Å². The van der Waals surface area contributed by atoms with Gasteiger partial charge in [-0.15, -0.1) is 11.6 Å². The number of nitrogens with one attached hydrogen (secondary N) is 1. The third kappa shape index (κ3) is 3.43. The zero-order valence-electron chi connectivity index (χ0n) is 10.2. The summed E-state index contributed by atoms with van der Waals surface area (Å²) in [5.41, 5.74) is 2.13. The van der Waals surface area contributed by atoms with Crippen LogP contribution in [0.2, 0.25) is 0 Å². The number of hydrogen-bond donors (Lipinski definition) is 1. The van der Waals surface area contributed by atoms with Crippen molar-refractivity contribution in [3.05, 3.63) is 23.8 Å². The Morgan fingerprint density at radius 3 is 3.06 bits per heavy atom. The van der Waals surface area contributed by atoms with E-state index in [4.69, 9.17) is 11.6 Å². The van der Waals surface area contributed by atoms with E-state index in [1.54, 1.807) is 0 Å². The van der Waals surface area contributed by atoms with Crippen LogP contribution in [-0.4, -0.2) is 16.8 Å². The highest BCUT2D eigenvalue weighted by Gasteiger charge is 2.07. The minimum atomic E-state index is 0.0101. The second-order valence-corrected chi connectivity index (χ2v) is 5.59. The van der Waals surface area contributed by atoms with Crippen molar-refractivity contribution in [3.63, 3.8) is 0 Å². The SMILES string of the molecule is Cc1ccc2nc(NC(=O)CCCCCl)sc2c1. The molecule has 1 aromatic carbocycles. The summed E-state index contributed by atoms with van der Waals surface area (Å²) in [6.45, 7) is 2.05. The molecule has 0 aliphatic heterocycles. The van der Waals surface area contributed by atoms with Gasteiger partial charge in [0.1, 0.15) is 0 Å². The van der Waals surface area contributed by atoms with Gasteiger partial charge in [0.2, 0.25) is 5.91 Å². The lowest BCUT2D eigenvalue weighted by atomic mass is 10.2. The second kappa shape index (κ2) is 6.16. The first-order chi connectivity index (χ1) is 8.69. The van der Waals surface area contributed by atoms with E-state index >= 15 is 0 Å². The van der Waals surface area contributed by atoms with Gasteiger partial charge >= 0.3 is 0 Å². The Balaban J connectivity index is 2.01. The number of aryl methyl sites for hydroxylation is 1. The van der Waals surface area contributed by atoms with Crippen LogP contribution >= 0.6 is 22.9 Å². The number of carbonyl (C=O) groups excluding carboxylic acids is 1. The number of nitrogens with zero attached hydrogens (tertiary/aromatic N) is 1. The Morgan fingerprint density at radius 1 is 1.44 bits per heavy atom. The highest BCUT2D eigenvalue weighted by molar-refractivity contribution is 7.22. The summed E-state index contributed by atoms with van der Waals surface area (Å²) in [5, 5.41) is 3.51. The minimum absolute atomic E-state index is 0.0101. The quantitative estimate of drug-likeness (QED) is 0.666. The maximum absolute atomic E-state index is 11.6. The molecule has 0 saturated heterocycles. The Hall–Kier alpha value is -1.13. The molecule has 3 nitrogen and oxygen atoms in total. The number of hydrogen-bond acceptors (Lipinski definition) is 3. The van der Waals surface area contributed by atoms with E-state index in [9.17, 15) is 4.79 Å². The maximum Gasteiger partial charge on any atom is 0.226 e. The van der Waals surface area contributed by atoms with Crippen molar-refractivity contribution < 1.29 is 4.79 Å². The molecule has 5 heteroatoms. The van der Waals surface area contributed by atoms with Crippen molar-refractivity contribution in [1.29, 1.82) is 0 Å². The van der Waals surface area contributed by atoms with Gasteiger partial charge in [0.25, 0.3) is 0 Å². The highest BCUT2D eigenvalue weighted by atomic mass is 35.5. The molecule has 2 rings (SSSR count). The van der Waals surface area contributed by atoms with Gasteiger partial charge in [0.15, 0.2) is 5.13 Å². The number of thiazole rings is 1. The van der Waals surface area contributed by atoms with Crippen LogP contribution in [0.25, 0.3) is 10.2 Å². The van der Waals surface area contributed by atoms with Gasteiger partial charge in [0.05, 0.1) is 10.2 Å². The van der Waals surface area contributed by atoms with Gasteiger partial charge in [-0.2, -0.15) is 0 Å². The van der Waals surface area contributed by atoms with E-state index in [0.717, 1.165) is 23.1 Å². The molecular weight excluding hydrogens is 268 g/mol. The Kier molecular flexibility index (Phi) is 4.55. The first-order valence-electron chi connectivity index (χ1n) is 5.92. The first-order valence-corrected chi connectivity index (χ1v) is 7.27. The predicted molar refractivity (Wildman–Crippen MR) is 77.6 cm³/mol.